The highest BCUT2D eigenvalue weighted by Gasteiger charge is 2.23. The summed E-state index contributed by atoms with van der Waals surface area (Å²) in [6, 6.07) is 14.8. The third kappa shape index (κ3) is 5.01. The molecule has 1 aliphatic rings. The number of para-hydroxylation sites is 1. The topological polar surface area (TPSA) is 47.6 Å². The lowest BCUT2D eigenvalue weighted by molar-refractivity contribution is -0.126. The predicted molar refractivity (Wildman–Crippen MR) is 96.5 cm³/mol. The standard InChI is InChI=1S/C18H21NO.C2H4O2/c1-13-5-3-4-6-18(13)20-12-16-10-9-15(14-7-8-14)11-17(16)19-2;1-4-2-3/h3-6,9-11,14,19H,7-8,12H2,1-2H3;2H,1H3. The minimum Gasteiger partial charge on any atom is -0.489 e. The lowest BCUT2D eigenvalue weighted by atomic mass is 10.1. The van der Waals surface area contributed by atoms with Crippen molar-refractivity contribution in [2.75, 3.05) is 19.5 Å². The van der Waals surface area contributed by atoms with Gasteiger partial charge in [0.25, 0.3) is 6.47 Å². The second-order valence-corrected chi connectivity index (χ2v) is 5.83. The lowest BCUT2D eigenvalue weighted by Crippen LogP contribution is -2.02. The lowest BCUT2D eigenvalue weighted by Gasteiger charge is -2.13. The highest BCUT2D eigenvalue weighted by atomic mass is 16.5. The van der Waals surface area contributed by atoms with Crippen LogP contribution in [-0.4, -0.2) is 20.6 Å². The highest BCUT2D eigenvalue weighted by molar-refractivity contribution is 5.54. The Labute approximate surface area is 143 Å². The van der Waals surface area contributed by atoms with Gasteiger partial charge in [-0.05, 0) is 48.9 Å². The number of anilines is 1. The molecule has 24 heavy (non-hydrogen) atoms. The Bertz CT molecular complexity index is 666. The number of aryl methyl sites for hydroxylation is 1. The SMILES string of the molecule is CNc1cc(C2CC2)ccc1COc1ccccc1C.COC=O. The van der Waals surface area contributed by atoms with Gasteiger partial charge in [-0.3, -0.25) is 4.79 Å². The van der Waals surface area contributed by atoms with Crippen molar-refractivity contribution in [2.24, 2.45) is 0 Å². The number of hydrogen-bond donors (Lipinski definition) is 1. The Kier molecular flexibility index (Phi) is 6.67. The molecule has 128 valence electrons. The first-order valence-corrected chi connectivity index (χ1v) is 8.15. The van der Waals surface area contributed by atoms with Crippen LogP contribution in [-0.2, 0) is 16.1 Å². The molecule has 0 aliphatic heterocycles. The van der Waals surface area contributed by atoms with Gasteiger partial charge in [0.05, 0.1) is 7.11 Å². The van der Waals surface area contributed by atoms with Crippen molar-refractivity contribution in [1.82, 2.24) is 0 Å². The maximum absolute atomic E-state index is 8.95. The van der Waals surface area contributed by atoms with Gasteiger partial charge in [0.15, 0.2) is 0 Å². The van der Waals surface area contributed by atoms with Crippen LogP contribution in [0.1, 0.15) is 35.4 Å². The predicted octanol–water partition coefficient (Wildman–Crippen LogP) is 4.28. The summed E-state index contributed by atoms with van der Waals surface area (Å²) in [6.45, 7) is 3.05. The molecule has 0 bridgehead atoms. The monoisotopic (exact) mass is 327 g/mol. The van der Waals surface area contributed by atoms with E-state index in [1.807, 2.05) is 25.2 Å². The van der Waals surface area contributed by atoms with Crippen LogP contribution < -0.4 is 10.1 Å². The van der Waals surface area contributed by atoms with Crippen LogP contribution in [0.3, 0.4) is 0 Å². The largest absolute Gasteiger partial charge is 0.489 e. The van der Waals surface area contributed by atoms with E-state index in [1.165, 1.54) is 42.3 Å². The van der Waals surface area contributed by atoms with E-state index in [4.69, 9.17) is 9.53 Å². The summed E-state index contributed by atoms with van der Waals surface area (Å²) in [7, 11) is 3.29. The Hall–Kier alpha value is -2.49. The van der Waals surface area contributed by atoms with Gasteiger partial charge >= 0.3 is 0 Å². The molecule has 0 unspecified atom stereocenters. The molecule has 4 heteroatoms. The average Bonchev–Trinajstić information content (AvgIpc) is 3.46. The summed E-state index contributed by atoms with van der Waals surface area (Å²) in [6.07, 6.45) is 2.67. The molecule has 0 saturated heterocycles. The van der Waals surface area contributed by atoms with Gasteiger partial charge in [-0.2, -0.15) is 0 Å². The first-order valence-electron chi connectivity index (χ1n) is 8.15. The van der Waals surface area contributed by atoms with E-state index in [0.717, 1.165) is 11.7 Å². The number of carbonyl (C=O) groups excluding carboxylic acids is 1. The van der Waals surface area contributed by atoms with Crippen LogP contribution in [0.2, 0.25) is 0 Å². The molecule has 0 heterocycles. The molecule has 0 radical (unpaired) electrons. The normalized spacial score (nSPS) is 12.6. The van der Waals surface area contributed by atoms with Gasteiger partial charge in [-0.25, -0.2) is 0 Å². The highest BCUT2D eigenvalue weighted by Crippen LogP contribution is 2.41. The average molecular weight is 327 g/mol. The van der Waals surface area contributed by atoms with Gasteiger partial charge in [-0.15, -0.1) is 0 Å². The van der Waals surface area contributed by atoms with Crippen molar-refractivity contribution < 1.29 is 14.3 Å². The van der Waals surface area contributed by atoms with Crippen molar-refractivity contribution in [3.8, 4) is 5.75 Å². The van der Waals surface area contributed by atoms with Crippen LogP contribution >= 0.6 is 0 Å². The quantitative estimate of drug-likeness (QED) is 0.804. The van der Waals surface area contributed by atoms with E-state index in [0.29, 0.717) is 13.1 Å². The van der Waals surface area contributed by atoms with E-state index < -0.39 is 0 Å². The van der Waals surface area contributed by atoms with Crippen LogP contribution in [0.15, 0.2) is 42.5 Å². The molecule has 1 aliphatic carbocycles. The zero-order chi connectivity index (χ0) is 17.4. The molecule has 4 nitrogen and oxygen atoms in total. The molecule has 0 atom stereocenters. The first kappa shape index (κ1) is 17.9. The molecule has 3 rings (SSSR count). The smallest absolute Gasteiger partial charge is 0.292 e. The molecule has 1 N–H and O–H groups in total. The van der Waals surface area contributed by atoms with Crippen molar-refractivity contribution >= 4 is 12.2 Å². The van der Waals surface area contributed by atoms with Crippen molar-refractivity contribution in [3.05, 3.63) is 59.2 Å². The number of methoxy groups -OCH3 is 1. The Morgan fingerprint density at radius 2 is 1.92 bits per heavy atom. The maximum atomic E-state index is 8.95. The van der Waals surface area contributed by atoms with Crippen LogP contribution in [0.25, 0.3) is 0 Å². The van der Waals surface area contributed by atoms with E-state index in [1.54, 1.807) is 0 Å². The molecule has 0 aromatic heterocycles. The fraction of sp³-hybridized carbons (Fsp3) is 0.350. The molecule has 2 aromatic carbocycles. The summed E-state index contributed by atoms with van der Waals surface area (Å²) in [5, 5.41) is 3.29. The molecule has 2 aromatic rings. The Morgan fingerprint density at radius 3 is 2.50 bits per heavy atom. The van der Waals surface area contributed by atoms with Crippen LogP contribution in [0.5, 0.6) is 5.75 Å². The van der Waals surface area contributed by atoms with Gasteiger partial charge in [0.1, 0.15) is 12.4 Å². The summed E-state index contributed by atoms with van der Waals surface area (Å²) in [5.41, 5.74) is 5.02. The van der Waals surface area contributed by atoms with E-state index in [-0.39, 0.29) is 0 Å². The van der Waals surface area contributed by atoms with Gasteiger partial charge in [0.2, 0.25) is 0 Å². The molecule has 1 saturated carbocycles. The summed E-state index contributed by atoms with van der Waals surface area (Å²) >= 11 is 0. The number of hydrogen-bond acceptors (Lipinski definition) is 4. The third-order valence-corrected chi connectivity index (χ3v) is 4.03. The minimum absolute atomic E-state index is 0.375. The number of carbonyl (C=O) groups is 1. The number of benzene rings is 2. The number of nitrogens with one attached hydrogen (secondary N) is 1. The van der Waals surface area contributed by atoms with Gasteiger partial charge in [0, 0.05) is 18.3 Å². The van der Waals surface area contributed by atoms with Crippen molar-refractivity contribution in [1.29, 1.82) is 0 Å². The second-order valence-electron chi connectivity index (χ2n) is 5.83. The molecular weight excluding hydrogens is 302 g/mol. The molecular formula is C20H25NO3. The second kappa shape index (κ2) is 8.96. The Morgan fingerprint density at radius 1 is 1.21 bits per heavy atom. The molecule has 0 amide bonds. The van der Waals surface area contributed by atoms with Crippen LogP contribution in [0.4, 0.5) is 5.69 Å². The fourth-order valence-corrected chi connectivity index (χ4v) is 2.50. The zero-order valence-electron chi connectivity index (χ0n) is 14.5. The third-order valence-electron chi connectivity index (χ3n) is 4.03. The van der Waals surface area contributed by atoms with Crippen molar-refractivity contribution in [2.45, 2.75) is 32.3 Å². The first-order chi connectivity index (χ1) is 11.7. The summed E-state index contributed by atoms with van der Waals surface area (Å²) in [5.74, 6) is 1.74. The molecule has 1 fully saturated rings. The Balaban J connectivity index is 0.000000471. The molecule has 0 spiro atoms. The number of ether oxygens (including phenoxy) is 2. The van der Waals surface area contributed by atoms with Gasteiger partial charge in [-0.1, -0.05) is 30.3 Å². The van der Waals surface area contributed by atoms with Gasteiger partial charge < -0.3 is 14.8 Å². The minimum atomic E-state index is 0.375. The van der Waals surface area contributed by atoms with E-state index >= 15 is 0 Å². The van der Waals surface area contributed by atoms with E-state index in [2.05, 4.69) is 41.2 Å². The van der Waals surface area contributed by atoms with Crippen LogP contribution in [0, 0.1) is 6.92 Å². The zero-order valence-corrected chi connectivity index (χ0v) is 14.5. The van der Waals surface area contributed by atoms with Crippen molar-refractivity contribution in [3.63, 3.8) is 0 Å². The van der Waals surface area contributed by atoms with E-state index in [9.17, 15) is 0 Å². The summed E-state index contributed by atoms with van der Waals surface area (Å²) in [4.78, 5) is 8.95. The number of rotatable bonds is 6. The fourth-order valence-electron chi connectivity index (χ4n) is 2.50. The maximum Gasteiger partial charge on any atom is 0.292 e. The summed E-state index contributed by atoms with van der Waals surface area (Å²) < 4.78 is 9.80.